The Balaban J connectivity index is 2.10. The Hall–Kier alpha value is -1.47. The highest BCUT2D eigenvalue weighted by molar-refractivity contribution is 7.71. The van der Waals surface area contributed by atoms with Gasteiger partial charge in [0.2, 0.25) is 0 Å². The maximum Gasteiger partial charge on any atom is 0.179 e. The monoisotopic (exact) mass is 307 g/mol. The lowest BCUT2D eigenvalue weighted by atomic mass is 10.4. The van der Waals surface area contributed by atoms with Crippen LogP contribution in [0.15, 0.2) is 6.20 Å². The number of fused-ring (bicyclic) bond motifs is 1. The molecule has 0 unspecified atom stereocenters. The summed E-state index contributed by atoms with van der Waals surface area (Å²) in [5.41, 5.74) is 3.08. The third-order valence-electron chi connectivity index (χ3n) is 3.38. The third-order valence-corrected chi connectivity index (χ3v) is 4.83. The van der Waals surface area contributed by atoms with Gasteiger partial charge in [-0.2, -0.15) is 5.10 Å². The third kappa shape index (κ3) is 2.10. The number of H-pyrrole nitrogens is 1. The SMILES string of the molecule is CCc1cnc(Cn2c(=S)[nH]c3c(C)nn(CC)c32)s1. The fourth-order valence-electron chi connectivity index (χ4n) is 2.35. The lowest BCUT2D eigenvalue weighted by molar-refractivity contribution is 0.643. The predicted molar refractivity (Wildman–Crippen MR) is 83.9 cm³/mol. The molecule has 0 radical (unpaired) electrons. The molecule has 1 N–H and O–H groups in total. The van der Waals surface area contributed by atoms with E-state index in [0.29, 0.717) is 6.54 Å². The van der Waals surface area contributed by atoms with Crippen LogP contribution < -0.4 is 0 Å². The Labute approximate surface area is 126 Å². The van der Waals surface area contributed by atoms with Crippen molar-refractivity contribution in [2.75, 3.05) is 0 Å². The molecular weight excluding hydrogens is 290 g/mol. The molecule has 3 aromatic heterocycles. The molecule has 0 aliphatic heterocycles. The highest BCUT2D eigenvalue weighted by atomic mass is 32.1. The molecule has 0 aliphatic rings. The predicted octanol–water partition coefficient (Wildman–Crippen LogP) is 3.29. The average Bonchev–Trinajstić information content (AvgIpc) is 3.09. The van der Waals surface area contributed by atoms with E-state index in [-0.39, 0.29) is 0 Å². The molecule has 5 nitrogen and oxygen atoms in total. The Bertz CT molecular complexity index is 805. The largest absolute Gasteiger partial charge is 0.328 e. The number of hydrogen-bond donors (Lipinski definition) is 1. The van der Waals surface area contributed by atoms with Crippen molar-refractivity contribution in [2.45, 2.75) is 40.3 Å². The van der Waals surface area contributed by atoms with Gasteiger partial charge in [0, 0.05) is 17.6 Å². The summed E-state index contributed by atoms with van der Waals surface area (Å²) in [6, 6.07) is 0. The first-order chi connectivity index (χ1) is 9.63. The molecular formula is C13H17N5S2. The van der Waals surface area contributed by atoms with Crippen molar-refractivity contribution in [2.24, 2.45) is 0 Å². The van der Waals surface area contributed by atoms with E-state index in [9.17, 15) is 0 Å². The first-order valence-corrected chi connectivity index (χ1v) is 7.96. The number of nitrogens with one attached hydrogen (secondary N) is 1. The van der Waals surface area contributed by atoms with Crippen LogP contribution >= 0.6 is 23.6 Å². The average molecular weight is 307 g/mol. The molecule has 0 amide bonds. The van der Waals surface area contributed by atoms with Crippen LogP contribution in [0.4, 0.5) is 0 Å². The van der Waals surface area contributed by atoms with Crippen LogP contribution in [0.2, 0.25) is 0 Å². The van der Waals surface area contributed by atoms with E-state index >= 15 is 0 Å². The summed E-state index contributed by atoms with van der Waals surface area (Å²) in [5.74, 6) is 0. The molecule has 0 aliphatic carbocycles. The summed E-state index contributed by atoms with van der Waals surface area (Å²) >= 11 is 7.20. The Morgan fingerprint density at radius 2 is 2.20 bits per heavy atom. The van der Waals surface area contributed by atoms with Crippen molar-refractivity contribution < 1.29 is 0 Å². The van der Waals surface area contributed by atoms with Gasteiger partial charge >= 0.3 is 0 Å². The van der Waals surface area contributed by atoms with Gasteiger partial charge in [0.05, 0.1) is 12.2 Å². The lowest BCUT2D eigenvalue weighted by Gasteiger charge is -2.03. The van der Waals surface area contributed by atoms with E-state index in [1.54, 1.807) is 11.3 Å². The number of aromatic amines is 1. The molecule has 0 spiro atoms. The summed E-state index contributed by atoms with van der Waals surface area (Å²) in [5, 5.41) is 5.62. The second-order valence-electron chi connectivity index (χ2n) is 4.69. The minimum absolute atomic E-state index is 0.703. The van der Waals surface area contributed by atoms with Gasteiger partial charge in [-0.05, 0) is 32.5 Å². The fraction of sp³-hybridized carbons (Fsp3) is 0.462. The van der Waals surface area contributed by atoms with Gasteiger partial charge in [-0.1, -0.05) is 6.92 Å². The first kappa shape index (κ1) is 13.5. The highest BCUT2D eigenvalue weighted by Gasteiger charge is 2.15. The number of imidazole rings is 1. The zero-order valence-corrected chi connectivity index (χ0v) is 13.4. The summed E-state index contributed by atoms with van der Waals surface area (Å²) in [6.45, 7) is 7.77. The molecule has 0 fully saturated rings. The quantitative estimate of drug-likeness (QED) is 0.753. The summed E-state index contributed by atoms with van der Waals surface area (Å²) < 4.78 is 4.81. The highest BCUT2D eigenvalue weighted by Crippen LogP contribution is 2.21. The molecule has 0 bridgehead atoms. The maximum atomic E-state index is 5.45. The number of thiazole rings is 1. The molecule has 20 heavy (non-hydrogen) atoms. The van der Waals surface area contributed by atoms with E-state index in [0.717, 1.165) is 39.6 Å². The van der Waals surface area contributed by atoms with Gasteiger partial charge in [0.1, 0.15) is 10.5 Å². The smallest absolute Gasteiger partial charge is 0.179 e. The summed E-state index contributed by atoms with van der Waals surface area (Å²) in [7, 11) is 0. The second-order valence-corrected chi connectivity index (χ2v) is 6.28. The molecule has 0 aromatic carbocycles. The fourth-order valence-corrected chi connectivity index (χ4v) is 3.45. The molecule has 3 rings (SSSR count). The molecule has 106 valence electrons. The number of aromatic nitrogens is 5. The van der Waals surface area contributed by atoms with Crippen LogP contribution in [0.25, 0.3) is 11.2 Å². The van der Waals surface area contributed by atoms with Gasteiger partial charge in [0.25, 0.3) is 0 Å². The first-order valence-electron chi connectivity index (χ1n) is 6.73. The van der Waals surface area contributed by atoms with Crippen LogP contribution in [0.5, 0.6) is 0 Å². The molecule has 3 heterocycles. The topological polar surface area (TPSA) is 51.4 Å². The lowest BCUT2D eigenvalue weighted by Crippen LogP contribution is -2.06. The molecule has 0 atom stereocenters. The standard InChI is InChI=1S/C13H17N5S2/c1-4-9-6-14-10(20-9)7-17-12-11(15-13(17)19)8(3)16-18(12)5-2/h6H,4-5,7H2,1-3H3,(H,15,19). The van der Waals surface area contributed by atoms with Crippen molar-refractivity contribution in [1.29, 1.82) is 0 Å². The number of aryl methyl sites for hydroxylation is 3. The van der Waals surface area contributed by atoms with Gasteiger partial charge < -0.3 is 4.98 Å². The number of rotatable bonds is 4. The van der Waals surface area contributed by atoms with E-state index < -0.39 is 0 Å². The van der Waals surface area contributed by atoms with Crippen LogP contribution in [-0.4, -0.2) is 24.3 Å². The van der Waals surface area contributed by atoms with Crippen molar-refractivity contribution in [3.63, 3.8) is 0 Å². The van der Waals surface area contributed by atoms with Gasteiger partial charge in [-0.3, -0.25) is 4.57 Å². The summed E-state index contributed by atoms with van der Waals surface area (Å²) in [6.07, 6.45) is 2.98. The van der Waals surface area contributed by atoms with Gasteiger partial charge in [-0.25, -0.2) is 9.67 Å². The molecule has 0 saturated carbocycles. The summed E-state index contributed by atoms with van der Waals surface area (Å²) in [4.78, 5) is 9.05. The van der Waals surface area contributed by atoms with Gasteiger partial charge in [0.15, 0.2) is 10.4 Å². The molecule has 3 aromatic rings. The van der Waals surface area contributed by atoms with E-state index in [1.165, 1.54) is 4.88 Å². The second kappa shape index (κ2) is 5.14. The zero-order chi connectivity index (χ0) is 14.3. The van der Waals surface area contributed by atoms with E-state index in [4.69, 9.17) is 12.2 Å². The molecule has 0 saturated heterocycles. The maximum absolute atomic E-state index is 5.45. The Morgan fingerprint density at radius 3 is 2.85 bits per heavy atom. The van der Waals surface area contributed by atoms with Crippen LogP contribution in [0.1, 0.15) is 29.4 Å². The van der Waals surface area contributed by atoms with E-state index in [2.05, 4.69) is 33.5 Å². The van der Waals surface area contributed by atoms with Crippen molar-refractivity contribution in [3.05, 3.63) is 26.5 Å². The Kier molecular flexibility index (Phi) is 3.47. The van der Waals surface area contributed by atoms with Crippen LogP contribution in [-0.2, 0) is 19.5 Å². The minimum atomic E-state index is 0.703. The number of nitrogens with zero attached hydrogens (tertiary/aromatic N) is 4. The normalized spacial score (nSPS) is 11.6. The van der Waals surface area contributed by atoms with Crippen LogP contribution in [0, 0.1) is 11.7 Å². The molecule has 7 heteroatoms. The van der Waals surface area contributed by atoms with E-state index in [1.807, 2.05) is 17.8 Å². The van der Waals surface area contributed by atoms with Crippen molar-refractivity contribution in [1.82, 2.24) is 24.3 Å². The van der Waals surface area contributed by atoms with Crippen molar-refractivity contribution >= 4 is 34.7 Å². The van der Waals surface area contributed by atoms with Crippen molar-refractivity contribution in [3.8, 4) is 0 Å². The van der Waals surface area contributed by atoms with Crippen LogP contribution in [0.3, 0.4) is 0 Å². The minimum Gasteiger partial charge on any atom is -0.328 e. The van der Waals surface area contributed by atoms with Gasteiger partial charge in [-0.15, -0.1) is 11.3 Å². The number of hydrogen-bond acceptors (Lipinski definition) is 4. The Morgan fingerprint density at radius 1 is 1.40 bits per heavy atom. The zero-order valence-electron chi connectivity index (χ0n) is 11.8.